The van der Waals surface area contributed by atoms with Crippen LogP contribution in [0.25, 0.3) is 0 Å². The number of carbonyl (C=O) groups is 3. The molecule has 0 saturated carbocycles. The maximum Gasteiger partial charge on any atom is 0.490 e. The van der Waals surface area contributed by atoms with Crippen molar-refractivity contribution in [2.24, 2.45) is 10.8 Å². The molecular formula is C28H33F6N5O6. The van der Waals surface area contributed by atoms with E-state index in [2.05, 4.69) is 31.9 Å². The third-order valence-electron chi connectivity index (χ3n) is 8.30. The lowest BCUT2D eigenvalue weighted by Gasteiger charge is -2.46. The number of benzene rings is 1. The Labute approximate surface area is 254 Å². The molecule has 2 aromatic rings. The van der Waals surface area contributed by atoms with Crippen LogP contribution in [-0.4, -0.2) is 107 Å². The fraction of sp³-hybridized carbons (Fsp3) is 0.536. The van der Waals surface area contributed by atoms with Crippen LogP contribution in [0.15, 0.2) is 42.7 Å². The minimum atomic E-state index is -5.08. The maximum atomic E-state index is 13.4. The Morgan fingerprint density at radius 1 is 0.889 bits per heavy atom. The van der Waals surface area contributed by atoms with Crippen molar-refractivity contribution in [1.29, 1.82) is 0 Å². The summed E-state index contributed by atoms with van der Waals surface area (Å²) >= 11 is 0. The molecule has 3 aliphatic rings. The van der Waals surface area contributed by atoms with Crippen molar-refractivity contribution in [3.63, 3.8) is 0 Å². The third-order valence-corrected chi connectivity index (χ3v) is 8.30. The fourth-order valence-corrected chi connectivity index (χ4v) is 6.00. The standard InChI is InChI=1S/C24H31N5O2.2C2HF3O2/c1-27-13-10-24(21(27)30)18-29(22-25-11-3-12-26-22)17-23(24)8-14-28(15-9-23)16-19-4-6-20(31-2)7-5-19;2*3-2(4,5)1(6)7/h3-7,11-12H,8-10,13-18H2,1-2H3;2*(H,6,7). The van der Waals surface area contributed by atoms with Crippen molar-refractivity contribution < 1.29 is 55.7 Å². The van der Waals surface area contributed by atoms with E-state index in [1.807, 2.05) is 30.1 Å². The van der Waals surface area contributed by atoms with Crippen molar-refractivity contribution in [3.8, 4) is 5.75 Å². The fourth-order valence-electron chi connectivity index (χ4n) is 6.00. The predicted octanol–water partition coefficient (Wildman–Crippen LogP) is 3.70. The number of hydrogen-bond acceptors (Lipinski definition) is 8. The summed E-state index contributed by atoms with van der Waals surface area (Å²) in [6, 6.07) is 10.2. The zero-order valence-electron chi connectivity index (χ0n) is 24.4. The third kappa shape index (κ3) is 8.32. The number of aromatic nitrogens is 2. The molecule has 248 valence electrons. The van der Waals surface area contributed by atoms with E-state index in [4.69, 9.17) is 24.5 Å². The van der Waals surface area contributed by atoms with Gasteiger partial charge in [-0.25, -0.2) is 19.6 Å². The highest BCUT2D eigenvalue weighted by Crippen LogP contribution is 2.58. The molecule has 2 N–H and O–H groups in total. The van der Waals surface area contributed by atoms with Crippen molar-refractivity contribution in [1.82, 2.24) is 19.8 Å². The van der Waals surface area contributed by atoms with E-state index in [9.17, 15) is 31.1 Å². The number of methoxy groups -OCH3 is 1. The number of fused-ring (bicyclic) bond motifs is 1. The summed E-state index contributed by atoms with van der Waals surface area (Å²) in [6.45, 7) is 5.40. The number of alkyl halides is 6. The number of hydrogen-bond donors (Lipinski definition) is 2. The Balaban J connectivity index is 0.000000331. The van der Waals surface area contributed by atoms with E-state index in [1.165, 1.54) is 5.56 Å². The molecule has 0 radical (unpaired) electrons. The molecule has 17 heteroatoms. The molecule has 45 heavy (non-hydrogen) atoms. The molecule has 0 aliphatic carbocycles. The first-order valence-electron chi connectivity index (χ1n) is 13.7. The van der Waals surface area contributed by atoms with Gasteiger partial charge in [0.15, 0.2) is 0 Å². The monoisotopic (exact) mass is 649 g/mol. The molecule has 0 bridgehead atoms. The molecule has 3 aliphatic heterocycles. The van der Waals surface area contributed by atoms with Crippen LogP contribution in [0.1, 0.15) is 24.8 Å². The van der Waals surface area contributed by atoms with Gasteiger partial charge < -0.3 is 24.7 Å². The van der Waals surface area contributed by atoms with Gasteiger partial charge in [-0.05, 0) is 56.1 Å². The maximum absolute atomic E-state index is 13.4. The van der Waals surface area contributed by atoms with Gasteiger partial charge in [0.05, 0.1) is 12.5 Å². The lowest BCUT2D eigenvalue weighted by molar-refractivity contribution is -0.193. The lowest BCUT2D eigenvalue weighted by atomic mass is 9.60. The minimum absolute atomic E-state index is 0.00947. The largest absolute Gasteiger partial charge is 0.497 e. The number of anilines is 1. The van der Waals surface area contributed by atoms with Gasteiger partial charge >= 0.3 is 24.3 Å². The van der Waals surface area contributed by atoms with Crippen LogP contribution in [-0.2, 0) is 20.9 Å². The summed E-state index contributed by atoms with van der Waals surface area (Å²) in [5.41, 5.74) is 0.978. The Bertz CT molecular complexity index is 1300. The van der Waals surface area contributed by atoms with E-state index in [0.29, 0.717) is 5.91 Å². The van der Waals surface area contributed by atoms with Crippen LogP contribution in [0.3, 0.4) is 0 Å². The molecule has 1 aromatic heterocycles. The minimum Gasteiger partial charge on any atom is -0.497 e. The smallest absolute Gasteiger partial charge is 0.490 e. The number of ether oxygens (including phenoxy) is 1. The average Bonchev–Trinajstić information content (AvgIpc) is 3.47. The molecule has 3 saturated heterocycles. The Kier molecular flexibility index (Phi) is 10.9. The van der Waals surface area contributed by atoms with E-state index in [0.717, 1.165) is 70.2 Å². The van der Waals surface area contributed by atoms with Crippen LogP contribution < -0.4 is 9.64 Å². The molecule has 3 fully saturated rings. The summed E-state index contributed by atoms with van der Waals surface area (Å²) in [5, 5.41) is 14.2. The first-order valence-corrected chi connectivity index (χ1v) is 13.7. The molecule has 4 heterocycles. The second kappa shape index (κ2) is 13.9. The van der Waals surface area contributed by atoms with Crippen molar-refractivity contribution in [2.75, 3.05) is 51.8 Å². The van der Waals surface area contributed by atoms with Gasteiger partial charge in [-0.15, -0.1) is 0 Å². The summed E-state index contributed by atoms with van der Waals surface area (Å²) in [4.78, 5) is 46.9. The number of aliphatic carboxylic acids is 2. The molecule has 5 rings (SSSR count). The Hall–Kier alpha value is -4.15. The molecular weight excluding hydrogens is 616 g/mol. The second-order valence-electron chi connectivity index (χ2n) is 11.0. The van der Waals surface area contributed by atoms with Crippen molar-refractivity contribution >= 4 is 23.8 Å². The van der Waals surface area contributed by atoms with Crippen molar-refractivity contribution in [2.45, 2.75) is 38.2 Å². The summed E-state index contributed by atoms with van der Waals surface area (Å²) in [5.74, 6) is -3.56. The summed E-state index contributed by atoms with van der Waals surface area (Å²) in [6.07, 6.45) is -3.58. The summed E-state index contributed by atoms with van der Waals surface area (Å²) in [7, 11) is 3.65. The van der Waals surface area contributed by atoms with Gasteiger partial charge in [0, 0.05) is 51.0 Å². The second-order valence-corrected chi connectivity index (χ2v) is 11.0. The van der Waals surface area contributed by atoms with Gasteiger partial charge in [0.2, 0.25) is 11.9 Å². The van der Waals surface area contributed by atoms with E-state index in [1.54, 1.807) is 19.5 Å². The first kappa shape index (κ1) is 35.3. The van der Waals surface area contributed by atoms with E-state index >= 15 is 0 Å². The van der Waals surface area contributed by atoms with Crippen LogP contribution in [0, 0.1) is 10.8 Å². The molecule has 11 nitrogen and oxygen atoms in total. The SMILES string of the molecule is COc1ccc(CN2CCC3(CC2)CN(c2ncccn2)CC32CCN(C)C2=O)cc1.O=C(O)C(F)(F)F.O=C(O)C(F)(F)F. The van der Waals surface area contributed by atoms with Crippen LogP contribution >= 0.6 is 0 Å². The highest BCUT2D eigenvalue weighted by atomic mass is 19.4. The van der Waals surface area contributed by atoms with Gasteiger partial charge in [-0.3, -0.25) is 9.69 Å². The molecule has 1 atom stereocenters. The van der Waals surface area contributed by atoms with Crippen LogP contribution in [0.4, 0.5) is 32.3 Å². The van der Waals surface area contributed by atoms with Crippen molar-refractivity contribution in [3.05, 3.63) is 48.3 Å². The number of likely N-dealkylation sites (tertiary alicyclic amines) is 2. The highest BCUT2D eigenvalue weighted by molar-refractivity contribution is 5.87. The molecule has 1 amide bonds. The van der Waals surface area contributed by atoms with Crippen LogP contribution in [0.2, 0.25) is 0 Å². The Morgan fingerprint density at radius 3 is 1.82 bits per heavy atom. The zero-order chi connectivity index (χ0) is 33.6. The molecule has 1 unspecified atom stereocenters. The zero-order valence-corrected chi connectivity index (χ0v) is 24.4. The molecule has 2 spiro atoms. The van der Waals surface area contributed by atoms with Gasteiger partial charge in [0.1, 0.15) is 5.75 Å². The average molecular weight is 650 g/mol. The van der Waals surface area contributed by atoms with E-state index in [-0.39, 0.29) is 10.8 Å². The number of amides is 1. The number of rotatable bonds is 4. The number of halogens is 6. The molecule has 1 aromatic carbocycles. The number of nitrogens with zero attached hydrogens (tertiary/aromatic N) is 5. The number of carboxylic acids is 2. The number of carbonyl (C=O) groups excluding carboxylic acids is 1. The topological polar surface area (TPSA) is 136 Å². The predicted molar refractivity (Wildman–Crippen MR) is 146 cm³/mol. The van der Waals surface area contributed by atoms with Gasteiger partial charge in [-0.2, -0.15) is 26.3 Å². The first-order chi connectivity index (χ1) is 20.9. The quantitative estimate of drug-likeness (QED) is 0.472. The number of piperidine rings is 1. The Morgan fingerprint density at radius 2 is 1.40 bits per heavy atom. The van der Waals surface area contributed by atoms with E-state index < -0.39 is 24.3 Å². The lowest BCUT2D eigenvalue weighted by Crippen LogP contribution is -2.52. The highest BCUT2D eigenvalue weighted by Gasteiger charge is 2.65. The number of carboxylic acid groups (broad SMARTS) is 2. The van der Waals surface area contributed by atoms with Crippen LogP contribution in [0.5, 0.6) is 5.75 Å². The van der Waals surface area contributed by atoms with Gasteiger partial charge in [-0.1, -0.05) is 12.1 Å². The van der Waals surface area contributed by atoms with Gasteiger partial charge in [0.25, 0.3) is 0 Å². The normalized spacial score (nSPS) is 21.2. The summed E-state index contributed by atoms with van der Waals surface area (Å²) < 4.78 is 68.7.